The fourth-order valence-corrected chi connectivity index (χ4v) is 1.84. The van der Waals surface area contributed by atoms with Gasteiger partial charge >= 0.3 is 23.9 Å². The molecule has 0 aromatic heterocycles. The molecule has 11 heteroatoms. The van der Waals surface area contributed by atoms with Crippen molar-refractivity contribution in [1.82, 2.24) is 0 Å². The topological polar surface area (TPSA) is 122 Å². The van der Waals surface area contributed by atoms with E-state index < -0.39 is 54.7 Å². The summed E-state index contributed by atoms with van der Waals surface area (Å²) in [5.74, 6) is -4.26. The number of carbonyl (C=O) groups excluding carboxylic acids is 5. The first-order valence-electron chi connectivity index (χ1n) is 6.91. The van der Waals surface area contributed by atoms with E-state index in [9.17, 15) is 32.8 Å². The monoisotopic (exact) mass is 368 g/mol. The van der Waals surface area contributed by atoms with Crippen molar-refractivity contribution < 1.29 is 51.7 Å². The Kier molecular flexibility index (Phi) is 9.24. The Hall–Kier alpha value is -2.59. The van der Waals surface area contributed by atoms with E-state index >= 15 is 0 Å². The molecule has 0 radical (unpaired) electrons. The quantitative estimate of drug-likeness (QED) is 0.318. The normalized spacial score (nSPS) is 15.3. The van der Waals surface area contributed by atoms with Gasteiger partial charge in [-0.15, -0.1) is 0 Å². The van der Waals surface area contributed by atoms with Crippen LogP contribution in [0.5, 0.6) is 0 Å². The number of halogens is 2. The number of carbonyl (C=O) groups is 5. The van der Waals surface area contributed by atoms with Gasteiger partial charge in [0.05, 0.1) is 0 Å². The summed E-state index contributed by atoms with van der Waals surface area (Å²) in [4.78, 5) is 55.8. The van der Waals surface area contributed by atoms with Crippen LogP contribution in [0.3, 0.4) is 0 Å². The van der Waals surface area contributed by atoms with Crippen molar-refractivity contribution in [1.29, 1.82) is 0 Å². The van der Waals surface area contributed by atoms with Gasteiger partial charge in [-0.05, 0) is 0 Å². The Balaban J connectivity index is 5.98. The summed E-state index contributed by atoms with van der Waals surface area (Å²) in [5, 5.41) is 0. The van der Waals surface area contributed by atoms with Crippen molar-refractivity contribution in [3.63, 3.8) is 0 Å². The fraction of sp³-hybridized carbons (Fsp3) is 0.643. The third-order valence-corrected chi connectivity index (χ3v) is 2.56. The van der Waals surface area contributed by atoms with Crippen molar-refractivity contribution in [2.75, 3.05) is 0 Å². The number of rotatable bonds is 9. The molecule has 4 atom stereocenters. The van der Waals surface area contributed by atoms with Crippen LogP contribution in [0.25, 0.3) is 0 Å². The van der Waals surface area contributed by atoms with Crippen LogP contribution in [-0.4, -0.2) is 61.0 Å². The predicted molar refractivity (Wildman–Crippen MR) is 74.3 cm³/mol. The smallest absolute Gasteiger partial charge is 0.303 e. The van der Waals surface area contributed by atoms with Crippen molar-refractivity contribution in [3.05, 3.63) is 0 Å². The van der Waals surface area contributed by atoms with E-state index in [0.717, 1.165) is 27.7 Å². The van der Waals surface area contributed by atoms with Gasteiger partial charge in [-0.1, -0.05) is 0 Å². The summed E-state index contributed by atoms with van der Waals surface area (Å²) in [7, 11) is 0. The van der Waals surface area contributed by atoms with Gasteiger partial charge in [-0.2, -0.15) is 0 Å². The van der Waals surface area contributed by atoms with Crippen molar-refractivity contribution >= 4 is 30.2 Å². The number of esters is 4. The molecule has 0 aliphatic heterocycles. The summed E-state index contributed by atoms with van der Waals surface area (Å²) in [6.45, 7) is 3.48. The molecule has 9 nitrogen and oxygen atoms in total. The zero-order valence-electron chi connectivity index (χ0n) is 13.9. The first-order valence-corrected chi connectivity index (χ1v) is 6.91. The molecule has 0 spiro atoms. The van der Waals surface area contributed by atoms with Crippen LogP contribution in [0.1, 0.15) is 27.7 Å². The van der Waals surface area contributed by atoms with E-state index in [1.165, 1.54) is 0 Å². The molecule has 0 rings (SSSR count). The van der Waals surface area contributed by atoms with Gasteiger partial charge in [0, 0.05) is 27.7 Å². The Bertz CT molecular complexity index is 520. The fourth-order valence-electron chi connectivity index (χ4n) is 1.84. The number of hydrogen-bond acceptors (Lipinski definition) is 9. The van der Waals surface area contributed by atoms with E-state index in [1.54, 1.807) is 0 Å². The summed E-state index contributed by atoms with van der Waals surface area (Å²) in [6, 6.07) is 0. The lowest BCUT2D eigenvalue weighted by molar-refractivity contribution is -0.207. The van der Waals surface area contributed by atoms with Crippen LogP contribution in [0, 0.1) is 0 Å². The maximum Gasteiger partial charge on any atom is 0.303 e. The van der Waals surface area contributed by atoms with Gasteiger partial charge < -0.3 is 18.9 Å². The Labute approximate surface area is 141 Å². The van der Waals surface area contributed by atoms with Crippen molar-refractivity contribution in [3.8, 4) is 0 Å². The lowest BCUT2D eigenvalue weighted by atomic mass is 10.0. The first-order chi connectivity index (χ1) is 11.5. The third-order valence-electron chi connectivity index (χ3n) is 2.56. The van der Waals surface area contributed by atoms with Gasteiger partial charge in [0.15, 0.2) is 24.6 Å². The highest BCUT2D eigenvalue weighted by molar-refractivity contribution is 5.72. The molecule has 0 heterocycles. The van der Waals surface area contributed by atoms with Gasteiger partial charge in [-0.3, -0.25) is 24.0 Å². The highest BCUT2D eigenvalue weighted by atomic mass is 19.3. The maximum atomic E-state index is 13.3. The molecular formula is C14H18F2O9. The van der Waals surface area contributed by atoms with Crippen molar-refractivity contribution in [2.45, 2.75) is 58.5 Å². The average Bonchev–Trinajstić information content (AvgIpc) is 2.45. The predicted octanol–water partition coefficient (Wildman–Crippen LogP) is 0.177. The van der Waals surface area contributed by atoms with Crippen LogP contribution in [0.15, 0.2) is 0 Å². The van der Waals surface area contributed by atoms with E-state index in [0.29, 0.717) is 0 Å². The molecule has 0 saturated heterocycles. The van der Waals surface area contributed by atoms with Crippen LogP contribution < -0.4 is 0 Å². The second-order valence-electron chi connectivity index (χ2n) is 4.77. The molecule has 25 heavy (non-hydrogen) atoms. The van der Waals surface area contributed by atoms with Crippen LogP contribution >= 0.6 is 0 Å². The van der Waals surface area contributed by atoms with E-state index in [4.69, 9.17) is 4.74 Å². The molecule has 0 aliphatic carbocycles. The summed E-state index contributed by atoms with van der Waals surface area (Å²) < 4.78 is 45.0. The largest absolute Gasteiger partial charge is 0.454 e. The lowest BCUT2D eigenvalue weighted by Gasteiger charge is -2.33. The molecule has 0 aromatic rings. The molecule has 0 unspecified atom stereocenters. The second-order valence-corrected chi connectivity index (χ2v) is 4.77. The van der Waals surface area contributed by atoms with Crippen molar-refractivity contribution in [2.24, 2.45) is 0 Å². The first kappa shape index (κ1) is 22.4. The molecule has 0 bridgehead atoms. The zero-order chi connectivity index (χ0) is 19.7. The second kappa shape index (κ2) is 10.3. The number of aldehydes is 1. The number of hydrogen-bond donors (Lipinski definition) is 0. The van der Waals surface area contributed by atoms with E-state index in [-0.39, 0.29) is 6.29 Å². The summed E-state index contributed by atoms with van der Waals surface area (Å²) in [6.07, 6.45) is -11.7. The molecule has 0 N–H and O–H groups in total. The minimum atomic E-state index is -3.36. The minimum absolute atomic E-state index is 0.00179. The van der Waals surface area contributed by atoms with Gasteiger partial charge in [-0.25, -0.2) is 8.78 Å². The highest BCUT2D eigenvalue weighted by Crippen LogP contribution is 2.22. The number of ether oxygens (including phenoxy) is 4. The molecule has 0 aromatic carbocycles. The standard InChI is InChI=1S/C14H18F2O9/c1-6(18)22-10(5-17)11(23-7(2)19)12(24-8(3)20)13(14(15)16)25-9(4)21/h5,10-14H,1-4H3/t10-,11+,12+,13-/m1/s1. The van der Waals surface area contributed by atoms with Crippen LogP contribution in [-0.2, 0) is 42.9 Å². The Morgan fingerprint density at radius 1 is 0.680 bits per heavy atom. The molecule has 0 aliphatic rings. The van der Waals surface area contributed by atoms with E-state index in [1.807, 2.05) is 0 Å². The highest BCUT2D eigenvalue weighted by Gasteiger charge is 2.47. The zero-order valence-corrected chi connectivity index (χ0v) is 13.9. The molecule has 0 saturated carbocycles. The Morgan fingerprint density at radius 3 is 1.36 bits per heavy atom. The summed E-state index contributed by atoms with van der Waals surface area (Å²) >= 11 is 0. The summed E-state index contributed by atoms with van der Waals surface area (Å²) in [5.41, 5.74) is 0. The maximum absolute atomic E-state index is 13.3. The Morgan fingerprint density at radius 2 is 1.04 bits per heavy atom. The van der Waals surface area contributed by atoms with Gasteiger partial charge in [0.2, 0.25) is 6.10 Å². The average molecular weight is 368 g/mol. The van der Waals surface area contributed by atoms with Gasteiger partial charge in [0.25, 0.3) is 6.43 Å². The molecule has 0 amide bonds. The molecule has 142 valence electrons. The molecular weight excluding hydrogens is 350 g/mol. The number of alkyl halides is 2. The van der Waals surface area contributed by atoms with E-state index in [2.05, 4.69) is 14.2 Å². The van der Waals surface area contributed by atoms with Crippen LogP contribution in [0.2, 0.25) is 0 Å². The third kappa shape index (κ3) is 8.18. The SMILES string of the molecule is CC(=O)O[C@H]([C@H](OC(C)=O)[C@@H](OC(C)=O)C(F)F)[C@@H](C=O)OC(C)=O. The molecule has 0 fully saturated rings. The van der Waals surface area contributed by atoms with Gasteiger partial charge in [0.1, 0.15) is 0 Å². The minimum Gasteiger partial charge on any atom is -0.454 e. The lowest BCUT2D eigenvalue weighted by Crippen LogP contribution is -2.54. The van der Waals surface area contributed by atoms with Crippen LogP contribution in [0.4, 0.5) is 8.78 Å².